The van der Waals surface area contributed by atoms with Crippen molar-refractivity contribution in [3.05, 3.63) is 59.7 Å². The van der Waals surface area contributed by atoms with E-state index in [2.05, 4.69) is 45.0 Å². The zero-order valence-electron chi connectivity index (χ0n) is 14.9. The van der Waals surface area contributed by atoms with E-state index in [9.17, 15) is 4.21 Å². The average molecular weight is 346 g/mol. The minimum atomic E-state index is -0.928. The Labute approximate surface area is 147 Å². The molecule has 3 nitrogen and oxygen atoms in total. The van der Waals surface area contributed by atoms with Crippen molar-refractivity contribution in [1.82, 2.24) is 0 Å². The predicted molar refractivity (Wildman–Crippen MR) is 100 cm³/mol. The molecule has 0 spiro atoms. The fourth-order valence-corrected chi connectivity index (χ4v) is 3.26. The molecule has 0 aliphatic rings. The molecular formula is C20H26O3S. The molecule has 24 heavy (non-hydrogen) atoms. The van der Waals surface area contributed by atoms with Gasteiger partial charge in [0.25, 0.3) is 0 Å². The van der Waals surface area contributed by atoms with Crippen molar-refractivity contribution in [2.45, 2.75) is 31.9 Å². The summed E-state index contributed by atoms with van der Waals surface area (Å²) in [6.07, 6.45) is 0. The van der Waals surface area contributed by atoms with Gasteiger partial charge in [0, 0.05) is 16.6 Å². The monoisotopic (exact) mass is 346 g/mol. The fraction of sp³-hybridized carbons (Fsp3) is 0.400. The second-order valence-corrected chi connectivity index (χ2v) is 8.34. The van der Waals surface area contributed by atoms with Gasteiger partial charge in [0.2, 0.25) is 0 Å². The van der Waals surface area contributed by atoms with Crippen molar-refractivity contribution >= 4 is 10.8 Å². The molecule has 1 unspecified atom stereocenters. The van der Waals surface area contributed by atoms with Crippen molar-refractivity contribution < 1.29 is 13.7 Å². The Bertz CT molecular complexity index is 655. The second-order valence-electron chi connectivity index (χ2n) is 6.76. The van der Waals surface area contributed by atoms with E-state index in [1.165, 1.54) is 5.56 Å². The van der Waals surface area contributed by atoms with Crippen molar-refractivity contribution in [2.24, 2.45) is 0 Å². The Morgan fingerprint density at radius 2 is 1.50 bits per heavy atom. The minimum Gasteiger partial charge on any atom is -0.497 e. The summed E-state index contributed by atoms with van der Waals surface area (Å²) in [6.45, 7) is 7.02. The number of rotatable bonds is 7. The van der Waals surface area contributed by atoms with Crippen LogP contribution in [0.1, 0.15) is 31.9 Å². The molecule has 1 atom stereocenters. The zero-order valence-corrected chi connectivity index (χ0v) is 15.7. The molecule has 0 bridgehead atoms. The van der Waals surface area contributed by atoms with Gasteiger partial charge in [-0.25, -0.2) is 0 Å². The Balaban J connectivity index is 1.78. The quantitative estimate of drug-likeness (QED) is 0.749. The Morgan fingerprint density at radius 3 is 2.04 bits per heavy atom. The van der Waals surface area contributed by atoms with Crippen LogP contribution in [0.3, 0.4) is 0 Å². The Morgan fingerprint density at radius 1 is 0.917 bits per heavy atom. The SMILES string of the molecule is COc1ccc(OCCS(=O)Cc2ccc(C(C)(C)C)cc2)cc1. The van der Waals surface area contributed by atoms with Crippen LogP contribution in [0, 0.1) is 0 Å². The molecule has 0 aromatic heterocycles. The van der Waals surface area contributed by atoms with Gasteiger partial charge in [-0.2, -0.15) is 0 Å². The lowest BCUT2D eigenvalue weighted by molar-refractivity contribution is 0.341. The zero-order chi connectivity index (χ0) is 17.6. The first-order valence-corrected chi connectivity index (χ1v) is 9.58. The molecule has 0 N–H and O–H groups in total. The maximum Gasteiger partial charge on any atom is 0.119 e. The van der Waals surface area contributed by atoms with E-state index in [1.54, 1.807) is 7.11 Å². The van der Waals surface area contributed by atoms with Crippen molar-refractivity contribution in [1.29, 1.82) is 0 Å². The summed E-state index contributed by atoms with van der Waals surface area (Å²) in [5, 5.41) is 0. The molecule has 2 aromatic rings. The maximum atomic E-state index is 12.2. The summed E-state index contributed by atoms with van der Waals surface area (Å²) in [6, 6.07) is 15.8. The third-order valence-corrected chi connectivity index (χ3v) is 5.06. The highest BCUT2D eigenvalue weighted by atomic mass is 32.2. The molecule has 2 aromatic carbocycles. The summed E-state index contributed by atoms with van der Waals surface area (Å²) >= 11 is 0. The van der Waals surface area contributed by atoms with E-state index in [4.69, 9.17) is 9.47 Å². The van der Waals surface area contributed by atoms with Crippen LogP contribution in [-0.2, 0) is 22.0 Å². The third-order valence-electron chi connectivity index (χ3n) is 3.79. The van der Waals surface area contributed by atoms with Gasteiger partial charge < -0.3 is 9.47 Å². The van der Waals surface area contributed by atoms with Gasteiger partial charge in [-0.05, 0) is 40.8 Å². The van der Waals surface area contributed by atoms with Gasteiger partial charge in [-0.3, -0.25) is 4.21 Å². The van der Waals surface area contributed by atoms with Gasteiger partial charge in [-0.1, -0.05) is 45.0 Å². The molecule has 130 valence electrons. The molecule has 0 saturated heterocycles. The molecule has 4 heteroatoms. The lowest BCUT2D eigenvalue weighted by Gasteiger charge is -2.19. The van der Waals surface area contributed by atoms with Gasteiger partial charge in [0.1, 0.15) is 11.5 Å². The highest BCUT2D eigenvalue weighted by Crippen LogP contribution is 2.22. The predicted octanol–water partition coefficient (Wildman–Crippen LogP) is 4.32. The van der Waals surface area contributed by atoms with Gasteiger partial charge in [-0.15, -0.1) is 0 Å². The summed E-state index contributed by atoms with van der Waals surface area (Å²) < 4.78 is 22.9. The van der Waals surface area contributed by atoms with Crippen LogP contribution in [-0.4, -0.2) is 23.7 Å². The third kappa shape index (κ3) is 5.68. The van der Waals surface area contributed by atoms with Crippen LogP contribution in [0.4, 0.5) is 0 Å². The second kappa shape index (κ2) is 8.34. The lowest BCUT2D eigenvalue weighted by Crippen LogP contribution is -2.12. The first kappa shape index (κ1) is 18.5. The fourth-order valence-electron chi connectivity index (χ4n) is 2.28. The van der Waals surface area contributed by atoms with Crippen molar-refractivity contribution in [3.63, 3.8) is 0 Å². The Hall–Kier alpha value is -1.81. The minimum absolute atomic E-state index is 0.143. The molecular weight excluding hydrogens is 320 g/mol. The number of benzene rings is 2. The first-order valence-electron chi connectivity index (χ1n) is 8.10. The molecule has 0 heterocycles. The number of hydrogen-bond acceptors (Lipinski definition) is 3. The highest BCUT2D eigenvalue weighted by molar-refractivity contribution is 7.84. The van der Waals surface area contributed by atoms with Crippen LogP contribution in [0.25, 0.3) is 0 Å². The van der Waals surface area contributed by atoms with Gasteiger partial charge in [0.15, 0.2) is 0 Å². The molecule has 0 fully saturated rings. The van der Waals surface area contributed by atoms with Crippen LogP contribution in [0.2, 0.25) is 0 Å². The number of ether oxygens (including phenoxy) is 2. The van der Waals surface area contributed by atoms with Gasteiger partial charge >= 0.3 is 0 Å². The van der Waals surface area contributed by atoms with E-state index in [-0.39, 0.29) is 5.41 Å². The topological polar surface area (TPSA) is 35.5 Å². The first-order chi connectivity index (χ1) is 11.4. The van der Waals surface area contributed by atoms with Gasteiger partial charge in [0.05, 0.1) is 19.5 Å². The maximum absolute atomic E-state index is 12.2. The molecule has 0 aliphatic heterocycles. The van der Waals surface area contributed by atoms with Crippen LogP contribution < -0.4 is 9.47 Å². The normalized spacial score (nSPS) is 12.7. The molecule has 2 rings (SSSR count). The largest absolute Gasteiger partial charge is 0.497 e. The van der Waals surface area contributed by atoms with E-state index in [0.29, 0.717) is 18.1 Å². The molecule has 0 radical (unpaired) electrons. The molecule has 0 amide bonds. The van der Waals surface area contributed by atoms with Crippen LogP contribution in [0.15, 0.2) is 48.5 Å². The van der Waals surface area contributed by atoms with Crippen molar-refractivity contribution in [3.8, 4) is 11.5 Å². The lowest BCUT2D eigenvalue weighted by atomic mass is 9.87. The number of hydrogen-bond donors (Lipinski definition) is 0. The number of methoxy groups -OCH3 is 1. The standard InChI is InChI=1S/C20H26O3S/c1-20(2,3)17-7-5-16(6-8-17)15-24(21)14-13-23-19-11-9-18(22-4)10-12-19/h5-12H,13-15H2,1-4H3. The molecule has 0 aliphatic carbocycles. The Kier molecular flexibility index (Phi) is 6.44. The van der Waals surface area contributed by atoms with Crippen LogP contribution >= 0.6 is 0 Å². The van der Waals surface area contributed by atoms with E-state index >= 15 is 0 Å². The molecule has 0 saturated carbocycles. The van der Waals surface area contributed by atoms with E-state index in [0.717, 1.165) is 17.1 Å². The van der Waals surface area contributed by atoms with E-state index in [1.807, 2.05) is 24.3 Å². The summed E-state index contributed by atoms with van der Waals surface area (Å²) in [5.41, 5.74) is 2.54. The van der Waals surface area contributed by atoms with Crippen molar-refractivity contribution in [2.75, 3.05) is 19.5 Å². The highest BCUT2D eigenvalue weighted by Gasteiger charge is 2.13. The summed E-state index contributed by atoms with van der Waals surface area (Å²) in [5.74, 6) is 2.65. The van der Waals surface area contributed by atoms with Crippen LogP contribution in [0.5, 0.6) is 11.5 Å². The smallest absolute Gasteiger partial charge is 0.119 e. The summed E-state index contributed by atoms with van der Waals surface area (Å²) in [4.78, 5) is 0. The van der Waals surface area contributed by atoms with E-state index < -0.39 is 10.8 Å². The average Bonchev–Trinajstić information content (AvgIpc) is 2.55. The summed E-state index contributed by atoms with van der Waals surface area (Å²) in [7, 11) is 0.704.